The molecule has 3 aliphatic heterocycles. The normalized spacial score (nSPS) is 26.1. The topological polar surface area (TPSA) is 66.9 Å². The summed E-state index contributed by atoms with van der Waals surface area (Å²) in [7, 11) is 1.47. The van der Waals surface area contributed by atoms with Gasteiger partial charge < -0.3 is 9.64 Å². The van der Waals surface area contributed by atoms with Crippen LogP contribution in [0.5, 0.6) is 5.75 Å². The number of hydrogen-bond donors (Lipinski definition) is 0. The number of fused-ring (bicyclic) bond motifs is 5. The minimum Gasteiger partial charge on any atom is -0.495 e. The maximum Gasteiger partial charge on any atom is 0.240 e. The van der Waals surface area contributed by atoms with Gasteiger partial charge >= 0.3 is 0 Å². The number of anilines is 1. The molecule has 2 amide bonds. The molecule has 0 unspecified atom stereocenters. The van der Waals surface area contributed by atoms with Crippen LogP contribution >= 0.6 is 11.6 Å². The van der Waals surface area contributed by atoms with E-state index in [1.807, 2.05) is 41.4 Å². The van der Waals surface area contributed by atoms with Crippen molar-refractivity contribution in [1.29, 1.82) is 0 Å². The molecule has 158 valence electrons. The van der Waals surface area contributed by atoms with Crippen LogP contribution in [0.3, 0.4) is 0 Å². The Morgan fingerprint density at radius 3 is 2.52 bits per heavy atom. The number of aryl methyl sites for hydroxylation is 1. The lowest BCUT2D eigenvalue weighted by molar-refractivity contribution is -0.129. The van der Waals surface area contributed by atoms with Crippen molar-refractivity contribution in [3.63, 3.8) is 0 Å². The molecule has 0 aromatic heterocycles. The van der Waals surface area contributed by atoms with Crippen LogP contribution in [0.25, 0.3) is 6.08 Å². The number of ketones is 1. The highest BCUT2D eigenvalue weighted by Gasteiger charge is 2.64. The van der Waals surface area contributed by atoms with Crippen molar-refractivity contribution >= 4 is 41.0 Å². The first-order chi connectivity index (χ1) is 14.8. The first-order valence-corrected chi connectivity index (χ1v) is 10.5. The summed E-state index contributed by atoms with van der Waals surface area (Å²) in [4.78, 5) is 43.1. The Hall–Kier alpha value is -3.12. The number of benzene rings is 2. The SMILES string of the molecule is COc1cc(Cl)c(C)cc1N1C(=O)[C@@H]2[C@@H](C1=O)[C@@H]1c3ccccc3C=CN1[C@@H]2C(C)=O. The third-order valence-electron chi connectivity index (χ3n) is 6.58. The molecule has 2 aromatic carbocycles. The molecule has 0 saturated carbocycles. The van der Waals surface area contributed by atoms with Crippen LogP contribution in [0.1, 0.15) is 29.7 Å². The average molecular weight is 437 g/mol. The largest absolute Gasteiger partial charge is 0.495 e. The standard InChI is InChI=1S/C24H21ClN2O4/c1-12-10-17(18(31-3)11-16(12)25)27-23(29)19-20(24(27)30)22-15-7-5-4-6-14(15)8-9-26(22)21(19)13(2)28/h4-11,19-22H,1-3H3/t19-,20-,21-,22+/m1/s1. The zero-order valence-electron chi connectivity index (χ0n) is 17.3. The van der Waals surface area contributed by atoms with Crippen molar-refractivity contribution in [2.45, 2.75) is 25.9 Å². The maximum absolute atomic E-state index is 13.7. The summed E-state index contributed by atoms with van der Waals surface area (Å²) in [6.45, 7) is 3.28. The van der Waals surface area contributed by atoms with Crippen LogP contribution in [0.4, 0.5) is 5.69 Å². The van der Waals surface area contributed by atoms with Crippen molar-refractivity contribution in [3.8, 4) is 5.75 Å². The lowest BCUT2D eigenvalue weighted by atomic mass is 9.84. The highest BCUT2D eigenvalue weighted by molar-refractivity contribution is 6.32. The molecule has 2 fully saturated rings. The van der Waals surface area contributed by atoms with Crippen molar-refractivity contribution in [2.24, 2.45) is 11.8 Å². The zero-order chi connectivity index (χ0) is 22.0. The van der Waals surface area contributed by atoms with Gasteiger partial charge in [0.2, 0.25) is 11.8 Å². The molecule has 0 aliphatic carbocycles. The molecule has 3 aliphatic rings. The fraction of sp³-hybridized carbons (Fsp3) is 0.292. The van der Waals surface area contributed by atoms with Crippen LogP contribution in [-0.4, -0.2) is 35.6 Å². The Balaban J connectivity index is 1.67. The Morgan fingerprint density at radius 1 is 1.10 bits per heavy atom. The Kier molecular flexibility index (Phi) is 4.45. The lowest BCUT2D eigenvalue weighted by Gasteiger charge is -2.35. The summed E-state index contributed by atoms with van der Waals surface area (Å²) < 4.78 is 5.43. The van der Waals surface area contributed by atoms with Crippen LogP contribution < -0.4 is 9.64 Å². The molecule has 4 atom stereocenters. The third-order valence-corrected chi connectivity index (χ3v) is 6.99. The number of nitrogens with zero attached hydrogens (tertiary/aromatic N) is 2. The molecule has 2 aromatic rings. The number of ether oxygens (including phenoxy) is 1. The molecule has 2 saturated heterocycles. The molecule has 6 nitrogen and oxygen atoms in total. The van der Waals surface area contributed by atoms with Crippen LogP contribution in [0.15, 0.2) is 42.6 Å². The molecule has 7 heteroatoms. The number of methoxy groups -OCH3 is 1. The van der Waals surface area contributed by atoms with Gasteiger partial charge in [-0.2, -0.15) is 0 Å². The summed E-state index contributed by atoms with van der Waals surface area (Å²) in [6, 6.07) is 10.0. The number of carbonyl (C=O) groups is 3. The fourth-order valence-corrected chi connectivity index (χ4v) is 5.40. The van der Waals surface area contributed by atoms with E-state index in [0.29, 0.717) is 16.5 Å². The molecule has 0 spiro atoms. The molecule has 31 heavy (non-hydrogen) atoms. The lowest BCUT2D eigenvalue weighted by Crippen LogP contribution is -2.43. The molecule has 0 radical (unpaired) electrons. The van der Waals surface area contributed by atoms with Gasteiger partial charge in [0.25, 0.3) is 0 Å². The first-order valence-electron chi connectivity index (χ1n) is 10.1. The van der Waals surface area contributed by atoms with Crippen molar-refractivity contribution < 1.29 is 19.1 Å². The number of halogens is 1. The van der Waals surface area contributed by atoms with Gasteiger partial charge in [-0.25, -0.2) is 4.90 Å². The highest BCUT2D eigenvalue weighted by Crippen LogP contribution is 2.54. The highest BCUT2D eigenvalue weighted by atomic mass is 35.5. The van der Waals surface area contributed by atoms with E-state index in [1.54, 1.807) is 19.1 Å². The monoisotopic (exact) mass is 436 g/mol. The van der Waals surface area contributed by atoms with Gasteiger partial charge in [-0.1, -0.05) is 35.9 Å². The zero-order valence-corrected chi connectivity index (χ0v) is 18.1. The number of hydrogen-bond acceptors (Lipinski definition) is 5. The van der Waals surface area contributed by atoms with E-state index in [2.05, 4.69) is 0 Å². The summed E-state index contributed by atoms with van der Waals surface area (Å²) in [5.41, 5.74) is 3.03. The average Bonchev–Trinajstić information content (AvgIpc) is 3.23. The van der Waals surface area contributed by atoms with Gasteiger partial charge in [0, 0.05) is 17.3 Å². The minimum absolute atomic E-state index is 0.135. The van der Waals surface area contributed by atoms with Gasteiger partial charge in [-0.3, -0.25) is 14.4 Å². The van der Waals surface area contributed by atoms with Crippen molar-refractivity contribution in [2.75, 3.05) is 12.0 Å². The summed E-state index contributed by atoms with van der Waals surface area (Å²) in [5, 5.41) is 0.485. The van der Waals surface area contributed by atoms with E-state index in [0.717, 1.165) is 16.7 Å². The maximum atomic E-state index is 13.7. The second-order valence-corrected chi connectivity index (χ2v) is 8.64. The minimum atomic E-state index is -0.758. The third kappa shape index (κ3) is 2.67. The van der Waals surface area contributed by atoms with E-state index in [4.69, 9.17) is 16.3 Å². The molecular formula is C24H21ClN2O4. The van der Waals surface area contributed by atoms with Crippen molar-refractivity contribution in [1.82, 2.24) is 4.90 Å². The van der Waals surface area contributed by atoms with Gasteiger partial charge in [-0.15, -0.1) is 0 Å². The fourth-order valence-electron chi connectivity index (χ4n) is 5.25. The molecule has 3 heterocycles. The van der Waals surface area contributed by atoms with E-state index >= 15 is 0 Å². The predicted octanol–water partition coefficient (Wildman–Crippen LogP) is 3.76. The number of amides is 2. The second-order valence-electron chi connectivity index (χ2n) is 8.23. The summed E-state index contributed by atoms with van der Waals surface area (Å²) >= 11 is 6.22. The predicted molar refractivity (Wildman–Crippen MR) is 117 cm³/mol. The van der Waals surface area contributed by atoms with Crippen molar-refractivity contribution in [3.05, 3.63) is 64.3 Å². The Labute approximate surface area is 185 Å². The van der Waals surface area contributed by atoms with Gasteiger partial charge in [0.1, 0.15) is 5.75 Å². The van der Waals surface area contributed by atoms with Gasteiger partial charge in [-0.05, 0) is 42.7 Å². The Morgan fingerprint density at radius 2 is 1.81 bits per heavy atom. The first kappa shape index (κ1) is 19.8. The second kappa shape index (κ2) is 6.95. The van der Waals surface area contributed by atoms with E-state index in [-0.39, 0.29) is 23.6 Å². The van der Waals surface area contributed by atoms with Gasteiger partial charge in [0.15, 0.2) is 5.78 Å². The molecular weight excluding hydrogens is 416 g/mol. The smallest absolute Gasteiger partial charge is 0.240 e. The quantitative estimate of drug-likeness (QED) is 0.685. The van der Waals surface area contributed by atoms with Gasteiger partial charge in [0.05, 0.1) is 36.7 Å². The van der Waals surface area contributed by atoms with E-state index in [9.17, 15) is 14.4 Å². The summed E-state index contributed by atoms with van der Waals surface area (Å²) in [5.74, 6) is -1.91. The summed E-state index contributed by atoms with van der Waals surface area (Å²) in [6.07, 6.45) is 3.77. The van der Waals surface area contributed by atoms with E-state index in [1.165, 1.54) is 18.9 Å². The Bertz CT molecular complexity index is 1170. The number of imide groups is 1. The molecule has 0 bridgehead atoms. The van der Waals surface area contributed by atoms with Crippen LogP contribution in [0, 0.1) is 18.8 Å². The number of carbonyl (C=O) groups excluding carboxylic acids is 3. The van der Waals surface area contributed by atoms with Crippen LogP contribution in [-0.2, 0) is 14.4 Å². The van der Waals surface area contributed by atoms with E-state index < -0.39 is 17.9 Å². The number of rotatable bonds is 3. The number of Topliss-reactive ketones (excluding diaryl/α,β-unsaturated/α-hetero) is 1. The molecule has 0 N–H and O–H groups in total. The molecule has 5 rings (SSSR count). The van der Waals surface area contributed by atoms with Crippen LogP contribution in [0.2, 0.25) is 5.02 Å².